The van der Waals surface area contributed by atoms with Gasteiger partial charge in [0.1, 0.15) is 12.4 Å². The number of ether oxygens (including phenoxy) is 1. The third kappa shape index (κ3) is 2.81. The van der Waals surface area contributed by atoms with Crippen LogP contribution in [-0.4, -0.2) is 11.6 Å². The lowest BCUT2D eigenvalue weighted by atomic mass is 10.1. The quantitative estimate of drug-likeness (QED) is 0.848. The van der Waals surface area contributed by atoms with Crippen LogP contribution in [-0.2, 0) is 0 Å². The van der Waals surface area contributed by atoms with Crippen LogP contribution in [0.3, 0.4) is 0 Å². The summed E-state index contributed by atoms with van der Waals surface area (Å²) in [6.07, 6.45) is 3.39. The van der Waals surface area contributed by atoms with Gasteiger partial charge in [-0.2, -0.15) is 0 Å². The Labute approximate surface area is 94.9 Å². The second-order valence-electron chi connectivity index (χ2n) is 3.52. The molecule has 0 aliphatic rings. The fraction of sp³-hybridized carbons (Fsp3) is 0.154. The summed E-state index contributed by atoms with van der Waals surface area (Å²) in [6.45, 7) is 0.454. The van der Waals surface area contributed by atoms with E-state index in [9.17, 15) is 0 Å². The molecular weight excluding hydrogens is 200 g/mol. The minimum Gasteiger partial charge on any atom is -0.490 e. The van der Waals surface area contributed by atoms with Crippen LogP contribution >= 0.6 is 0 Å². The van der Waals surface area contributed by atoms with Crippen molar-refractivity contribution in [3.63, 3.8) is 0 Å². The summed E-state index contributed by atoms with van der Waals surface area (Å²) in [5.41, 5.74) is 7.07. The van der Waals surface area contributed by atoms with Gasteiger partial charge < -0.3 is 10.5 Å². The SMILES string of the molecule is NC(COc1cccnc1)c1ccccc1. The Balaban J connectivity index is 1.92. The fourth-order valence-corrected chi connectivity index (χ4v) is 1.41. The summed E-state index contributed by atoms with van der Waals surface area (Å²) in [5, 5.41) is 0. The maximum Gasteiger partial charge on any atom is 0.137 e. The first-order valence-electron chi connectivity index (χ1n) is 5.19. The molecular formula is C13H14N2O. The van der Waals surface area contributed by atoms with Crippen molar-refractivity contribution in [2.75, 3.05) is 6.61 Å². The normalized spacial score (nSPS) is 12.1. The minimum absolute atomic E-state index is 0.110. The average Bonchev–Trinajstić information content (AvgIpc) is 2.38. The van der Waals surface area contributed by atoms with Crippen LogP contribution in [0.2, 0.25) is 0 Å². The molecule has 2 N–H and O–H groups in total. The highest BCUT2D eigenvalue weighted by atomic mass is 16.5. The van der Waals surface area contributed by atoms with E-state index in [1.807, 2.05) is 42.5 Å². The highest BCUT2D eigenvalue weighted by Crippen LogP contribution is 2.12. The molecule has 2 rings (SSSR count). The molecule has 1 atom stereocenters. The van der Waals surface area contributed by atoms with E-state index in [2.05, 4.69) is 4.98 Å². The molecule has 0 saturated heterocycles. The summed E-state index contributed by atoms with van der Waals surface area (Å²) in [6, 6.07) is 13.5. The second kappa shape index (κ2) is 5.28. The maximum absolute atomic E-state index is 6.00. The van der Waals surface area contributed by atoms with Crippen LogP contribution in [0.1, 0.15) is 11.6 Å². The molecule has 0 aliphatic carbocycles. The molecule has 0 aliphatic heterocycles. The Kier molecular flexibility index (Phi) is 3.51. The number of aromatic nitrogens is 1. The average molecular weight is 214 g/mol. The number of rotatable bonds is 4. The van der Waals surface area contributed by atoms with Crippen LogP contribution in [0.4, 0.5) is 0 Å². The molecule has 0 spiro atoms. The van der Waals surface area contributed by atoms with E-state index in [-0.39, 0.29) is 6.04 Å². The Morgan fingerprint density at radius 2 is 1.94 bits per heavy atom. The lowest BCUT2D eigenvalue weighted by molar-refractivity contribution is 0.289. The predicted octanol–water partition coefficient (Wildman–Crippen LogP) is 2.16. The standard InChI is InChI=1S/C13H14N2O/c14-13(11-5-2-1-3-6-11)10-16-12-7-4-8-15-9-12/h1-9,13H,10,14H2. The van der Waals surface area contributed by atoms with Gasteiger partial charge in [-0.05, 0) is 17.7 Å². The molecule has 0 fully saturated rings. The third-order valence-electron chi connectivity index (χ3n) is 2.29. The lowest BCUT2D eigenvalue weighted by Crippen LogP contribution is -2.18. The van der Waals surface area contributed by atoms with Gasteiger partial charge in [0.2, 0.25) is 0 Å². The molecule has 1 aromatic heterocycles. The first-order chi connectivity index (χ1) is 7.86. The zero-order chi connectivity index (χ0) is 11.2. The molecule has 1 unspecified atom stereocenters. The van der Waals surface area contributed by atoms with Crippen molar-refractivity contribution in [3.8, 4) is 5.75 Å². The molecule has 1 aromatic carbocycles. The molecule has 3 nitrogen and oxygen atoms in total. The molecule has 16 heavy (non-hydrogen) atoms. The van der Waals surface area contributed by atoms with Gasteiger partial charge in [0.05, 0.1) is 12.2 Å². The largest absolute Gasteiger partial charge is 0.490 e. The maximum atomic E-state index is 6.00. The number of hydrogen-bond donors (Lipinski definition) is 1. The first kappa shape index (κ1) is 10.6. The van der Waals surface area contributed by atoms with Gasteiger partial charge >= 0.3 is 0 Å². The van der Waals surface area contributed by atoms with Crippen molar-refractivity contribution in [1.29, 1.82) is 0 Å². The van der Waals surface area contributed by atoms with Crippen LogP contribution in [0.5, 0.6) is 5.75 Å². The van der Waals surface area contributed by atoms with Crippen molar-refractivity contribution in [2.24, 2.45) is 5.73 Å². The van der Waals surface area contributed by atoms with E-state index >= 15 is 0 Å². The Morgan fingerprint density at radius 3 is 2.62 bits per heavy atom. The van der Waals surface area contributed by atoms with Gasteiger partial charge in [-0.3, -0.25) is 4.98 Å². The van der Waals surface area contributed by atoms with Crippen molar-refractivity contribution in [3.05, 3.63) is 60.4 Å². The van der Waals surface area contributed by atoms with Crippen LogP contribution in [0, 0.1) is 0 Å². The Morgan fingerprint density at radius 1 is 1.12 bits per heavy atom. The smallest absolute Gasteiger partial charge is 0.137 e. The Bertz CT molecular complexity index is 416. The highest BCUT2D eigenvalue weighted by Gasteiger charge is 2.05. The molecule has 2 aromatic rings. The molecule has 1 heterocycles. The third-order valence-corrected chi connectivity index (χ3v) is 2.29. The molecule has 0 radical (unpaired) electrons. The topological polar surface area (TPSA) is 48.1 Å². The summed E-state index contributed by atoms with van der Waals surface area (Å²) in [4.78, 5) is 3.97. The van der Waals surface area contributed by atoms with Crippen LogP contribution < -0.4 is 10.5 Å². The van der Waals surface area contributed by atoms with Gasteiger partial charge in [0, 0.05) is 6.20 Å². The summed E-state index contributed by atoms with van der Waals surface area (Å²) in [5.74, 6) is 0.744. The van der Waals surface area contributed by atoms with E-state index in [4.69, 9.17) is 10.5 Å². The molecule has 82 valence electrons. The predicted molar refractivity (Wildman–Crippen MR) is 63.1 cm³/mol. The molecule has 3 heteroatoms. The van der Waals surface area contributed by atoms with E-state index in [0.717, 1.165) is 11.3 Å². The van der Waals surface area contributed by atoms with Crippen LogP contribution in [0.15, 0.2) is 54.9 Å². The zero-order valence-corrected chi connectivity index (χ0v) is 8.91. The van der Waals surface area contributed by atoms with Crippen molar-refractivity contribution >= 4 is 0 Å². The van der Waals surface area contributed by atoms with E-state index < -0.39 is 0 Å². The van der Waals surface area contributed by atoms with Crippen molar-refractivity contribution in [1.82, 2.24) is 4.98 Å². The first-order valence-corrected chi connectivity index (χ1v) is 5.19. The summed E-state index contributed by atoms with van der Waals surface area (Å²) in [7, 11) is 0. The summed E-state index contributed by atoms with van der Waals surface area (Å²) < 4.78 is 5.53. The van der Waals surface area contributed by atoms with Gasteiger partial charge in [0.15, 0.2) is 0 Å². The summed E-state index contributed by atoms with van der Waals surface area (Å²) >= 11 is 0. The van der Waals surface area contributed by atoms with Gasteiger partial charge in [-0.25, -0.2) is 0 Å². The minimum atomic E-state index is -0.110. The van der Waals surface area contributed by atoms with Gasteiger partial charge in [0.25, 0.3) is 0 Å². The van der Waals surface area contributed by atoms with Gasteiger partial charge in [-0.1, -0.05) is 30.3 Å². The molecule has 0 saturated carbocycles. The Hall–Kier alpha value is -1.87. The highest BCUT2D eigenvalue weighted by molar-refractivity contribution is 5.20. The van der Waals surface area contributed by atoms with Gasteiger partial charge in [-0.15, -0.1) is 0 Å². The number of hydrogen-bond acceptors (Lipinski definition) is 3. The zero-order valence-electron chi connectivity index (χ0n) is 8.91. The van der Waals surface area contributed by atoms with E-state index in [1.165, 1.54) is 0 Å². The van der Waals surface area contributed by atoms with E-state index in [1.54, 1.807) is 12.4 Å². The second-order valence-corrected chi connectivity index (χ2v) is 3.52. The van der Waals surface area contributed by atoms with Crippen molar-refractivity contribution < 1.29 is 4.74 Å². The number of nitrogens with two attached hydrogens (primary N) is 1. The number of pyridine rings is 1. The number of nitrogens with zero attached hydrogens (tertiary/aromatic N) is 1. The lowest BCUT2D eigenvalue weighted by Gasteiger charge is -2.13. The van der Waals surface area contributed by atoms with Crippen molar-refractivity contribution in [2.45, 2.75) is 6.04 Å². The van der Waals surface area contributed by atoms with Crippen LogP contribution in [0.25, 0.3) is 0 Å². The monoisotopic (exact) mass is 214 g/mol. The molecule has 0 bridgehead atoms. The number of benzene rings is 1. The van der Waals surface area contributed by atoms with E-state index in [0.29, 0.717) is 6.61 Å². The fourth-order valence-electron chi connectivity index (χ4n) is 1.41. The molecule has 0 amide bonds.